The molecule has 1 fully saturated rings. The summed E-state index contributed by atoms with van der Waals surface area (Å²) in [5.41, 5.74) is 0. The standard InChI is InChI=1S/C16H29N3O/c1-4-6-13(2)11-19-9-5-7-14(12-19)15(20)16-17-8-10-18(16)3/h8,10,13-15,20H,4-7,9,11-12H2,1-3H3. The molecule has 0 aromatic carbocycles. The van der Waals surface area contributed by atoms with Crippen molar-refractivity contribution in [3.05, 3.63) is 18.2 Å². The Morgan fingerprint density at radius 1 is 1.50 bits per heavy atom. The van der Waals surface area contributed by atoms with E-state index in [0.29, 0.717) is 5.92 Å². The van der Waals surface area contributed by atoms with Crippen molar-refractivity contribution in [2.75, 3.05) is 19.6 Å². The third-order valence-electron chi connectivity index (χ3n) is 4.46. The second kappa shape index (κ2) is 7.23. The maximum atomic E-state index is 10.6. The fourth-order valence-corrected chi connectivity index (χ4v) is 3.41. The first-order chi connectivity index (χ1) is 9.61. The van der Waals surface area contributed by atoms with Gasteiger partial charge >= 0.3 is 0 Å². The van der Waals surface area contributed by atoms with Gasteiger partial charge in [-0.05, 0) is 31.7 Å². The molecule has 3 atom stereocenters. The number of hydrogen-bond donors (Lipinski definition) is 1. The van der Waals surface area contributed by atoms with Crippen LogP contribution in [0.5, 0.6) is 0 Å². The molecule has 0 bridgehead atoms. The third kappa shape index (κ3) is 3.83. The van der Waals surface area contributed by atoms with E-state index in [2.05, 4.69) is 23.7 Å². The molecule has 0 saturated carbocycles. The molecule has 2 rings (SSSR count). The van der Waals surface area contributed by atoms with Crippen molar-refractivity contribution in [3.63, 3.8) is 0 Å². The molecule has 1 aliphatic heterocycles. The molecule has 1 saturated heterocycles. The predicted molar refractivity (Wildman–Crippen MR) is 81.4 cm³/mol. The van der Waals surface area contributed by atoms with Gasteiger partial charge < -0.3 is 14.6 Å². The van der Waals surface area contributed by atoms with E-state index in [1.165, 1.54) is 25.8 Å². The van der Waals surface area contributed by atoms with Gasteiger partial charge in [0.2, 0.25) is 0 Å². The first-order valence-electron chi connectivity index (χ1n) is 7.99. The SMILES string of the molecule is CCCC(C)CN1CCCC(C(O)c2nccn2C)C1. The molecule has 114 valence electrons. The zero-order valence-corrected chi connectivity index (χ0v) is 13.1. The summed E-state index contributed by atoms with van der Waals surface area (Å²) < 4.78 is 1.93. The summed E-state index contributed by atoms with van der Waals surface area (Å²) in [6, 6.07) is 0. The van der Waals surface area contributed by atoms with E-state index >= 15 is 0 Å². The summed E-state index contributed by atoms with van der Waals surface area (Å²) in [4.78, 5) is 6.83. The van der Waals surface area contributed by atoms with E-state index in [1.807, 2.05) is 17.8 Å². The lowest BCUT2D eigenvalue weighted by Crippen LogP contribution is -2.40. The monoisotopic (exact) mass is 279 g/mol. The smallest absolute Gasteiger partial charge is 0.137 e. The van der Waals surface area contributed by atoms with Crippen molar-refractivity contribution < 1.29 is 5.11 Å². The number of imidazole rings is 1. The van der Waals surface area contributed by atoms with Crippen LogP contribution in [0.1, 0.15) is 51.5 Å². The summed E-state index contributed by atoms with van der Waals surface area (Å²) in [6.07, 6.45) is 8.08. The number of aromatic nitrogens is 2. The van der Waals surface area contributed by atoms with Crippen LogP contribution >= 0.6 is 0 Å². The van der Waals surface area contributed by atoms with Crippen molar-refractivity contribution in [1.29, 1.82) is 0 Å². The van der Waals surface area contributed by atoms with Crippen LogP contribution in [0.3, 0.4) is 0 Å². The van der Waals surface area contributed by atoms with Gasteiger partial charge in [-0.2, -0.15) is 0 Å². The number of piperidine rings is 1. The van der Waals surface area contributed by atoms with E-state index in [4.69, 9.17) is 0 Å². The molecule has 0 aliphatic carbocycles. The van der Waals surface area contributed by atoms with Crippen LogP contribution in [0, 0.1) is 11.8 Å². The summed E-state index contributed by atoms with van der Waals surface area (Å²) in [7, 11) is 1.95. The minimum absolute atomic E-state index is 0.318. The molecule has 3 unspecified atom stereocenters. The van der Waals surface area contributed by atoms with Gasteiger partial charge in [-0.1, -0.05) is 20.3 Å². The second-order valence-corrected chi connectivity index (χ2v) is 6.40. The first kappa shape index (κ1) is 15.5. The van der Waals surface area contributed by atoms with Gasteiger partial charge in [0.1, 0.15) is 11.9 Å². The molecule has 1 aromatic rings. The Morgan fingerprint density at radius 3 is 2.95 bits per heavy atom. The van der Waals surface area contributed by atoms with Gasteiger partial charge in [0, 0.05) is 38.4 Å². The Labute approximate surface area is 122 Å². The largest absolute Gasteiger partial charge is 0.385 e. The topological polar surface area (TPSA) is 41.3 Å². The number of likely N-dealkylation sites (tertiary alicyclic amines) is 1. The number of aryl methyl sites for hydroxylation is 1. The Bertz CT molecular complexity index is 404. The van der Waals surface area contributed by atoms with Crippen LogP contribution in [-0.4, -0.2) is 39.2 Å². The van der Waals surface area contributed by atoms with E-state index in [1.54, 1.807) is 6.20 Å². The highest BCUT2D eigenvalue weighted by molar-refractivity contribution is 4.98. The van der Waals surface area contributed by atoms with Crippen LogP contribution in [0.25, 0.3) is 0 Å². The molecule has 0 spiro atoms. The van der Waals surface area contributed by atoms with Gasteiger partial charge in [-0.25, -0.2) is 4.98 Å². The molecule has 0 radical (unpaired) electrons. The quantitative estimate of drug-likeness (QED) is 0.870. The minimum atomic E-state index is -0.431. The highest BCUT2D eigenvalue weighted by Crippen LogP contribution is 2.29. The van der Waals surface area contributed by atoms with Crippen LogP contribution in [0.4, 0.5) is 0 Å². The molecule has 1 aliphatic rings. The van der Waals surface area contributed by atoms with Crippen LogP contribution < -0.4 is 0 Å². The van der Waals surface area contributed by atoms with Crippen molar-refractivity contribution in [2.45, 2.75) is 45.6 Å². The van der Waals surface area contributed by atoms with Gasteiger partial charge in [0.25, 0.3) is 0 Å². The summed E-state index contributed by atoms with van der Waals surface area (Å²) in [6.45, 7) is 7.93. The number of aliphatic hydroxyl groups is 1. The van der Waals surface area contributed by atoms with E-state index < -0.39 is 6.10 Å². The minimum Gasteiger partial charge on any atom is -0.385 e. The fraction of sp³-hybridized carbons (Fsp3) is 0.812. The zero-order valence-electron chi connectivity index (χ0n) is 13.1. The number of aliphatic hydroxyl groups excluding tert-OH is 1. The molecule has 1 N–H and O–H groups in total. The predicted octanol–water partition coefficient (Wildman–Crippen LogP) is 2.60. The molecular formula is C16H29N3O. The first-order valence-corrected chi connectivity index (χ1v) is 7.99. The average molecular weight is 279 g/mol. The van der Waals surface area contributed by atoms with Crippen LogP contribution in [0.2, 0.25) is 0 Å². The van der Waals surface area contributed by atoms with Gasteiger partial charge in [-0.15, -0.1) is 0 Å². The molecule has 4 heteroatoms. The lowest BCUT2D eigenvalue weighted by atomic mass is 9.91. The van der Waals surface area contributed by atoms with E-state index in [0.717, 1.165) is 31.3 Å². The molecule has 4 nitrogen and oxygen atoms in total. The maximum Gasteiger partial charge on any atom is 0.137 e. The molecule has 0 amide bonds. The summed E-state index contributed by atoms with van der Waals surface area (Å²) in [5, 5.41) is 10.6. The lowest BCUT2D eigenvalue weighted by molar-refractivity contribution is 0.0382. The normalized spacial score (nSPS) is 23.7. The van der Waals surface area contributed by atoms with Crippen LogP contribution in [0.15, 0.2) is 12.4 Å². The maximum absolute atomic E-state index is 10.6. The molecular weight excluding hydrogens is 250 g/mol. The van der Waals surface area contributed by atoms with Gasteiger partial charge in [0.05, 0.1) is 0 Å². The highest BCUT2D eigenvalue weighted by atomic mass is 16.3. The van der Waals surface area contributed by atoms with Crippen molar-refractivity contribution in [3.8, 4) is 0 Å². The van der Waals surface area contributed by atoms with Crippen molar-refractivity contribution in [2.24, 2.45) is 18.9 Å². The van der Waals surface area contributed by atoms with Crippen LogP contribution in [-0.2, 0) is 7.05 Å². The average Bonchev–Trinajstić information content (AvgIpc) is 2.84. The fourth-order valence-electron chi connectivity index (χ4n) is 3.41. The van der Waals surface area contributed by atoms with E-state index in [9.17, 15) is 5.11 Å². The molecule has 1 aromatic heterocycles. The Hall–Kier alpha value is -0.870. The number of hydrogen-bond acceptors (Lipinski definition) is 3. The van der Waals surface area contributed by atoms with Crippen molar-refractivity contribution in [1.82, 2.24) is 14.5 Å². The number of nitrogens with zero attached hydrogens (tertiary/aromatic N) is 3. The zero-order chi connectivity index (χ0) is 14.5. The van der Waals surface area contributed by atoms with Gasteiger partial charge in [0.15, 0.2) is 0 Å². The third-order valence-corrected chi connectivity index (χ3v) is 4.46. The summed E-state index contributed by atoms with van der Waals surface area (Å²) >= 11 is 0. The number of rotatable bonds is 6. The van der Waals surface area contributed by atoms with Gasteiger partial charge in [-0.3, -0.25) is 0 Å². The lowest BCUT2D eigenvalue weighted by Gasteiger charge is -2.36. The second-order valence-electron chi connectivity index (χ2n) is 6.40. The molecule has 20 heavy (non-hydrogen) atoms. The summed E-state index contributed by atoms with van der Waals surface area (Å²) in [5.74, 6) is 1.88. The van der Waals surface area contributed by atoms with Crippen molar-refractivity contribution >= 4 is 0 Å². The molecule has 2 heterocycles. The Morgan fingerprint density at radius 2 is 2.30 bits per heavy atom. The highest BCUT2D eigenvalue weighted by Gasteiger charge is 2.29. The van der Waals surface area contributed by atoms with E-state index in [-0.39, 0.29) is 0 Å². The Balaban J connectivity index is 1.91. The Kier molecular flexibility index (Phi) is 5.61.